The zero-order valence-corrected chi connectivity index (χ0v) is 15.0. The van der Waals surface area contributed by atoms with E-state index in [2.05, 4.69) is 12.0 Å². The molecule has 0 saturated carbocycles. The van der Waals surface area contributed by atoms with Crippen LogP contribution in [0.5, 0.6) is 0 Å². The topological polar surface area (TPSA) is 68.1 Å². The van der Waals surface area contributed by atoms with Crippen molar-refractivity contribution >= 4 is 10.0 Å². The average Bonchev–Trinajstić information content (AvgIpc) is 3.20. The number of aryl methyl sites for hydroxylation is 1. The number of hydrogen-bond acceptors (Lipinski definition) is 4. The van der Waals surface area contributed by atoms with Crippen molar-refractivity contribution in [2.24, 2.45) is 0 Å². The van der Waals surface area contributed by atoms with Gasteiger partial charge < -0.3 is 0 Å². The van der Waals surface area contributed by atoms with Gasteiger partial charge in [-0.25, -0.2) is 18.1 Å². The molecule has 7 heteroatoms. The van der Waals surface area contributed by atoms with E-state index in [1.54, 1.807) is 4.31 Å². The summed E-state index contributed by atoms with van der Waals surface area (Å²) in [5, 5.41) is 4.66. The SMILES string of the molecule is CCCCn1nc(-c2ccccc2)nc1[C@@H]1CCCN1S(C)(=O)=O. The third-order valence-corrected chi connectivity index (χ3v) is 5.67. The van der Waals surface area contributed by atoms with Gasteiger partial charge in [0.15, 0.2) is 5.82 Å². The Kier molecular flexibility index (Phi) is 5.01. The summed E-state index contributed by atoms with van der Waals surface area (Å²) in [5.74, 6) is 1.44. The lowest BCUT2D eigenvalue weighted by Crippen LogP contribution is -2.31. The van der Waals surface area contributed by atoms with Crippen molar-refractivity contribution in [3.63, 3.8) is 0 Å². The Hall–Kier alpha value is -1.73. The highest BCUT2D eigenvalue weighted by Gasteiger charge is 2.36. The van der Waals surface area contributed by atoms with E-state index in [0.717, 1.165) is 43.6 Å². The Bertz CT molecular complexity index is 786. The number of aromatic nitrogens is 3. The number of hydrogen-bond donors (Lipinski definition) is 0. The number of rotatable bonds is 6. The van der Waals surface area contributed by atoms with Crippen LogP contribution in [0.1, 0.15) is 44.5 Å². The van der Waals surface area contributed by atoms with Crippen LogP contribution in [0.25, 0.3) is 11.4 Å². The first-order chi connectivity index (χ1) is 11.5. The Morgan fingerprint density at radius 3 is 2.67 bits per heavy atom. The molecule has 0 radical (unpaired) electrons. The third-order valence-electron chi connectivity index (χ3n) is 4.38. The maximum atomic E-state index is 12.1. The van der Waals surface area contributed by atoms with Crippen LogP contribution in [0.4, 0.5) is 0 Å². The molecule has 24 heavy (non-hydrogen) atoms. The highest BCUT2D eigenvalue weighted by atomic mass is 32.2. The molecule has 1 aliphatic rings. The minimum atomic E-state index is -3.24. The van der Waals surface area contributed by atoms with Crippen molar-refractivity contribution in [3.05, 3.63) is 36.2 Å². The van der Waals surface area contributed by atoms with E-state index in [4.69, 9.17) is 4.98 Å². The molecule has 0 amide bonds. The second-order valence-electron chi connectivity index (χ2n) is 6.27. The predicted molar refractivity (Wildman–Crippen MR) is 93.9 cm³/mol. The van der Waals surface area contributed by atoms with Gasteiger partial charge in [-0.05, 0) is 19.3 Å². The molecular weight excluding hydrogens is 324 g/mol. The number of benzene rings is 1. The van der Waals surface area contributed by atoms with Gasteiger partial charge in [0.25, 0.3) is 0 Å². The molecule has 3 rings (SSSR count). The lowest BCUT2D eigenvalue weighted by Gasteiger charge is -2.21. The van der Waals surface area contributed by atoms with Gasteiger partial charge in [0.1, 0.15) is 5.82 Å². The van der Waals surface area contributed by atoms with Crippen LogP contribution in [-0.2, 0) is 16.6 Å². The van der Waals surface area contributed by atoms with Gasteiger partial charge in [0.05, 0.1) is 12.3 Å². The van der Waals surface area contributed by atoms with Crippen molar-refractivity contribution in [3.8, 4) is 11.4 Å². The molecule has 0 aliphatic carbocycles. The second kappa shape index (κ2) is 7.03. The highest BCUT2D eigenvalue weighted by molar-refractivity contribution is 7.88. The van der Waals surface area contributed by atoms with Gasteiger partial charge in [-0.2, -0.15) is 9.40 Å². The summed E-state index contributed by atoms with van der Waals surface area (Å²) in [6, 6.07) is 9.63. The first kappa shape index (κ1) is 17.1. The molecule has 2 heterocycles. The zero-order valence-electron chi connectivity index (χ0n) is 14.2. The first-order valence-corrected chi connectivity index (χ1v) is 10.3. The standard InChI is InChI=1S/C17H24N4O2S/c1-3-4-12-20-17(15-11-8-13-21(15)24(2,22)23)18-16(19-20)14-9-6-5-7-10-14/h5-7,9-10,15H,3-4,8,11-13H2,1-2H3/t15-/m0/s1. The third kappa shape index (κ3) is 3.52. The van der Waals surface area contributed by atoms with E-state index in [9.17, 15) is 8.42 Å². The van der Waals surface area contributed by atoms with Gasteiger partial charge in [-0.15, -0.1) is 0 Å². The van der Waals surface area contributed by atoms with E-state index in [1.807, 2.05) is 35.0 Å². The summed E-state index contributed by atoms with van der Waals surface area (Å²) in [7, 11) is -3.24. The van der Waals surface area contributed by atoms with E-state index < -0.39 is 10.0 Å². The number of nitrogens with zero attached hydrogens (tertiary/aromatic N) is 4. The van der Waals surface area contributed by atoms with Crippen molar-refractivity contribution in [2.75, 3.05) is 12.8 Å². The molecule has 1 fully saturated rings. The summed E-state index contributed by atoms with van der Waals surface area (Å²) in [4.78, 5) is 4.72. The second-order valence-corrected chi connectivity index (χ2v) is 8.20. The average molecular weight is 348 g/mol. The highest BCUT2D eigenvalue weighted by Crippen LogP contribution is 2.34. The Morgan fingerprint density at radius 1 is 1.25 bits per heavy atom. The van der Waals surface area contributed by atoms with Gasteiger partial charge in [0, 0.05) is 18.7 Å². The number of sulfonamides is 1. The van der Waals surface area contributed by atoms with Crippen molar-refractivity contribution in [1.82, 2.24) is 19.1 Å². The van der Waals surface area contributed by atoms with Crippen LogP contribution >= 0.6 is 0 Å². The molecule has 6 nitrogen and oxygen atoms in total. The smallest absolute Gasteiger partial charge is 0.211 e. The molecule has 0 bridgehead atoms. The molecular formula is C17H24N4O2S. The van der Waals surface area contributed by atoms with E-state index in [-0.39, 0.29) is 6.04 Å². The maximum Gasteiger partial charge on any atom is 0.211 e. The Labute approximate surface area is 143 Å². The largest absolute Gasteiger partial charge is 0.248 e. The fourth-order valence-electron chi connectivity index (χ4n) is 3.18. The lowest BCUT2D eigenvalue weighted by atomic mass is 10.2. The van der Waals surface area contributed by atoms with Crippen LogP contribution in [0.3, 0.4) is 0 Å². The fraction of sp³-hybridized carbons (Fsp3) is 0.529. The van der Waals surface area contributed by atoms with Gasteiger partial charge in [-0.3, -0.25) is 0 Å². The number of unbranched alkanes of at least 4 members (excludes halogenated alkanes) is 1. The molecule has 1 aromatic carbocycles. The maximum absolute atomic E-state index is 12.1. The summed E-state index contributed by atoms with van der Waals surface area (Å²) in [5.41, 5.74) is 0.956. The van der Waals surface area contributed by atoms with Crippen LogP contribution in [0, 0.1) is 0 Å². The zero-order chi connectivity index (χ0) is 17.2. The van der Waals surface area contributed by atoms with Crippen molar-refractivity contribution < 1.29 is 8.42 Å². The monoisotopic (exact) mass is 348 g/mol. The Balaban J connectivity index is 2.00. The van der Waals surface area contributed by atoms with E-state index >= 15 is 0 Å². The summed E-state index contributed by atoms with van der Waals surface area (Å²) < 4.78 is 27.6. The minimum Gasteiger partial charge on any atom is -0.248 e. The molecule has 130 valence electrons. The van der Waals surface area contributed by atoms with Crippen molar-refractivity contribution in [2.45, 2.75) is 45.2 Å². The van der Waals surface area contributed by atoms with Gasteiger partial charge in [-0.1, -0.05) is 43.7 Å². The fourth-order valence-corrected chi connectivity index (χ4v) is 4.30. The predicted octanol–water partition coefficient (Wildman–Crippen LogP) is 2.84. The summed E-state index contributed by atoms with van der Waals surface area (Å²) in [6.07, 6.45) is 4.98. The summed E-state index contributed by atoms with van der Waals surface area (Å²) >= 11 is 0. The van der Waals surface area contributed by atoms with E-state index in [1.165, 1.54) is 6.26 Å². The molecule has 1 saturated heterocycles. The van der Waals surface area contributed by atoms with Crippen LogP contribution in [0.15, 0.2) is 30.3 Å². The molecule has 2 aromatic rings. The summed E-state index contributed by atoms with van der Waals surface area (Å²) in [6.45, 7) is 3.46. The molecule has 0 spiro atoms. The van der Waals surface area contributed by atoms with Crippen LogP contribution < -0.4 is 0 Å². The minimum absolute atomic E-state index is 0.207. The quantitative estimate of drug-likeness (QED) is 0.805. The molecule has 1 atom stereocenters. The first-order valence-electron chi connectivity index (χ1n) is 8.47. The normalized spacial score (nSPS) is 19.0. The molecule has 0 N–H and O–H groups in total. The molecule has 0 unspecified atom stereocenters. The van der Waals surface area contributed by atoms with Gasteiger partial charge >= 0.3 is 0 Å². The van der Waals surface area contributed by atoms with Crippen LogP contribution in [-0.4, -0.2) is 40.3 Å². The Morgan fingerprint density at radius 2 is 2.00 bits per heavy atom. The van der Waals surface area contributed by atoms with Crippen LogP contribution in [0.2, 0.25) is 0 Å². The lowest BCUT2D eigenvalue weighted by molar-refractivity contribution is 0.367. The molecule has 1 aromatic heterocycles. The van der Waals surface area contributed by atoms with Gasteiger partial charge in [0.2, 0.25) is 10.0 Å². The van der Waals surface area contributed by atoms with E-state index in [0.29, 0.717) is 12.4 Å². The molecule has 1 aliphatic heterocycles. The van der Waals surface area contributed by atoms with Crippen molar-refractivity contribution in [1.29, 1.82) is 0 Å².